The molecular weight excluding hydrogens is 432 g/mol. The first kappa shape index (κ1) is 17.4. The van der Waals surface area contributed by atoms with E-state index in [-0.39, 0.29) is 5.56 Å². The van der Waals surface area contributed by atoms with Crippen molar-refractivity contribution >= 4 is 49.4 Å². The standard InChI is InChI=1S/C15H12Br2N2O4/c1-9-5-11(16)14(12(17)6-9)18-13(20)8-23-15(21)10-3-2-4-19(22)7-10/h2-7H,8H2,1H3,(H,18,20). The molecule has 0 aliphatic carbocycles. The van der Waals surface area contributed by atoms with E-state index >= 15 is 0 Å². The van der Waals surface area contributed by atoms with Crippen LogP contribution in [0.5, 0.6) is 0 Å². The highest BCUT2D eigenvalue weighted by Gasteiger charge is 2.14. The molecule has 0 saturated heterocycles. The first-order valence-electron chi connectivity index (χ1n) is 6.48. The number of carbonyl (C=O) groups excluding carboxylic acids is 2. The molecule has 0 atom stereocenters. The van der Waals surface area contributed by atoms with Gasteiger partial charge < -0.3 is 15.3 Å². The summed E-state index contributed by atoms with van der Waals surface area (Å²) < 4.78 is 6.79. The van der Waals surface area contributed by atoms with Crippen molar-refractivity contribution in [2.45, 2.75) is 6.92 Å². The number of nitrogens with one attached hydrogen (secondary N) is 1. The SMILES string of the molecule is Cc1cc(Br)c(NC(=O)COC(=O)c2ccc[n+]([O-])c2)c(Br)c1. The number of hydrogen-bond acceptors (Lipinski definition) is 4. The van der Waals surface area contributed by atoms with Crippen LogP contribution in [-0.2, 0) is 9.53 Å². The summed E-state index contributed by atoms with van der Waals surface area (Å²) >= 11 is 6.72. The number of halogens is 2. The van der Waals surface area contributed by atoms with Crippen LogP contribution in [0.3, 0.4) is 0 Å². The minimum Gasteiger partial charge on any atom is -0.619 e. The third kappa shape index (κ3) is 4.77. The summed E-state index contributed by atoms with van der Waals surface area (Å²) in [5.74, 6) is -1.23. The molecule has 8 heteroatoms. The maximum Gasteiger partial charge on any atom is 0.344 e. The Morgan fingerprint density at radius 1 is 1.30 bits per heavy atom. The number of rotatable bonds is 4. The van der Waals surface area contributed by atoms with Gasteiger partial charge in [0.1, 0.15) is 5.56 Å². The first-order chi connectivity index (χ1) is 10.9. The van der Waals surface area contributed by atoms with Crippen molar-refractivity contribution in [2.24, 2.45) is 0 Å². The number of amides is 1. The Bertz CT molecular complexity index is 742. The zero-order valence-corrected chi connectivity index (χ0v) is 15.2. The highest BCUT2D eigenvalue weighted by Crippen LogP contribution is 2.32. The maximum atomic E-state index is 11.9. The van der Waals surface area contributed by atoms with E-state index in [0.717, 1.165) is 11.8 Å². The smallest absolute Gasteiger partial charge is 0.344 e. The summed E-state index contributed by atoms with van der Waals surface area (Å²) in [5.41, 5.74) is 1.64. The highest BCUT2D eigenvalue weighted by molar-refractivity contribution is 9.11. The molecule has 1 aromatic heterocycles. The minimum atomic E-state index is -0.743. The maximum absolute atomic E-state index is 11.9. The predicted octanol–water partition coefficient (Wildman–Crippen LogP) is 2.95. The Morgan fingerprint density at radius 2 is 1.96 bits per heavy atom. The van der Waals surface area contributed by atoms with Gasteiger partial charge in [-0.15, -0.1) is 0 Å². The van der Waals surface area contributed by atoms with Gasteiger partial charge in [0.15, 0.2) is 19.0 Å². The Labute approximate surface area is 149 Å². The molecular formula is C15H12Br2N2O4. The molecule has 0 saturated carbocycles. The zero-order valence-electron chi connectivity index (χ0n) is 12.0. The molecule has 0 bridgehead atoms. The van der Waals surface area contributed by atoms with E-state index in [9.17, 15) is 14.8 Å². The van der Waals surface area contributed by atoms with Crippen LogP contribution >= 0.6 is 31.9 Å². The highest BCUT2D eigenvalue weighted by atomic mass is 79.9. The third-order valence-corrected chi connectivity index (χ3v) is 4.05. The third-order valence-electron chi connectivity index (χ3n) is 2.80. The van der Waals surface area contributed by atoms with Gasteiger partial charge in [0.05, 0.1) is 5.69 Å². The van der Waals surface area contributed by atoms with Crippen LogP contribution in [-0.4, -0.2) is 18.5 Å². The van der Waals surface area contributed by atoms with Crippen molar-refractivity contribution in [1.29, 1.82) is 0 Å². The summed E-state index contributed by atoms with van der Waals surface area (Å²) in [4.78, 5) is 23.7. The summed E-state index contributed by atoms with van der Waals surface area (Å²) in [5, 5.41) is 13.7. The van der Waals surface area contributed by atoms with Crippen molar-refractivity contribution in [3.8, 4) is 0 Å². The van der Waals surface area contributed by atoms with Gasteiger partial charge in [0.2, 0.25) is 0 Å². The fourth-order valence-corrected chi connectivity index (χ4v) is 3.40. The quantitative estimate of drug-likeness (QED) is 0.447. The lowest BCUT2D eigenvalue weighted by molar-refractivity contribution is -0.605. The summed E-state index contributed by atoms with van der Waals surface area (Å²) in [6.07, 6.45) is 2.32. The lowest BCUT2D eigenvalue weighted by Gasteiger charge is -2.11. The number of pyridine rings is 1. The van der Waals surface area contributed by atoms with Gasteiger partial charge in [-0.1, -0.05) is 0 Å². The second-order valence-corrected chi connectivity index (χ2v) is 6.39. The van der Waals surface area contributed by atoms with Crippen LogP contribution in [0.1, 0.15) is 15.9 Å². The van der Waals surface area contributed by atoms with E-state index in [0.29, 0.717) is 19.4 Å². The van der Waals surface area contributed by atoms with Gasteiger partial charge in [0.25, 0.3) is 5.91 Å². The van der Waals surface area contributed by atoms with E-state index in [4.69, 9.17) is 4.74 Å². The van der Waals surface area contributed by atoms with Crippen molar-refractivity contribution in [3.63, 3.8) is 0 Å². The van der Waals surface area contributed by atoms with Crippen molar-refractivity contribution in [2.75, 3.05) is 11.9 Å². The molecule has 2 aromatic rings. The van der Waals surface area contributed by atoms with Crippen molar-refractivity contribution in [3.05, 3.63) is 61.9 Å². The fraction of sp³-hybridized carbons (Fsp3) is 0.133. The first-order valence-corrected chi connectivity index (χ1v) is 8.07. The number of benzene rings is 1. The topological polar surface area (TPSA) is 82.3 Å². The van der Waals surface area contributed by atoms with Crippen LogP contribution in [0.2, 0.25) is 0 Å². The summed E-state index contributed by atoms with van der Waals surface area (Å²) in [7, 11) is 0. The second kappa shape index (κ2) is 7.56. The Morgan fingerprint density at radius 3 is 2.57 bits per heavy atom. The molecule has 0 fully saturated rings. The number of aryl methyl sites for hydroxylation is 1. The van der Waals surface area contributed by atoms with E-state index in [1.807, 2.05) is 19.1 Å². The van der Waals surface area contributed by atoms with E-state index in [1.54, 1.807) is 0 Å². The average molecular weight is 444 g/mol. The Balaban J connectivity index is 1.97. The zero-order chi connectivity index (χ0) is 17.0. The largest absolute Gasteiger partial charge is 0.619 e. The van der Waals surface area contributed by atoms with E-state index in [2.05, 4.69) is 37.2 Å². The molecule has 0 unspecified atom stereocenters. The monoisotopic (exact) mass is 442 g/mol. The predicted molar refractivity (Wildman–Crippen MR) is 90.9 cm³/mol. The number of ether oxygens (including phenoxy) is 1. The van der Waals surface area contributed by atoms with Crippen LogP contribution < -0.4 is 10.0 Å². The molecule has 1 amide bonds. The second-order valence-electron chi connectivity index (χ2n) is 4.68. The molecule has 1 N–H and O–H groups in total. The summed E-state index contributed by atoms with van der Waals surface area (Å²) in [6, 6.07) is 6.55. The fourth-order valence-electron chi connectivity index (χ4n) is 1.78. The molecule has 6 nitrogen and oxygen atoms in total. The lowest BCUT2D eigenvalue weighted by atomic mass is 10.2. The molecule has 2 rings (SSSR count). The van der Waals surface area contributed by atoms with Gasteiger partial charge >= 0.3 is 5.97 Å². The summed E-state index contributed by atoms with van der Waals surface area (Å²) in [6.45, 7) is 1.46. The van der Waals surface area contributed by atoms with Crippen LogP contribution in [0.15, 0.2) is 45.6 Å². The number of esters is 1. The number of carbonyl (C=O) groups is 2. The van der Waals surface area contributed by atoms with Crippen LogP contribution in [0.4, 0.5) is 5.69 Å². The molecule has 0 aliphatic rings. The molecule has 120 valence electrons. The van der Waals surface area contributed by atoms with Crippen LogP contribution in [0, 0.1) is 12.1 Å². The number of nitrogens with zero attached hydrogens (tertiary/aromatic N) is 1. The Hall–Kier alpha value is -1.93. The molecule has 0 radical (unpaired) electrons. The number of aromatic nitrogens is 1. The molecule has 0 aliphatic heterocycles. The van der Waals surface area contributed by atoms with Gasteiger partial charge in [-0.2, -0.15) is 4.73 Å². The van der Waals surface area contributed by atoms with Gasteiger partial charge in [0, 0.05) is 15.0 Å². The van der Waals surface area contributed by atoms with Crippen LogP contribution in [0.25, 0.3) is 0 Å². The minimum absolute atomic E-state index is 0.0768. The van der Waals surface area contributed by atoms with Gasteiger partial charge in [-0.05, 0) is 62.5 Å². The van der Waals surface area contributed by atoms with E-state index in [1.165, 1.54) is 18.3 Å². The molecule has 1 heterocycles. The molecule has 1 aromatic carbocycles. The normalized spacial score (nSPS) is 10.2. The lowest BCUT2D eigenvalue weighted by Crippen LogP contribution is -2.27. The average Bonchev–Trinajstić information content (AvgIpc) is 2.48. The number of hydrogen-bond donors (Lipinski definition) is 1. The van der Waals surface area contributed by atoms with Crippen molar-refractivity contribution in [1.82, 2.24) is 0 Å². The van der Waals surface area contributed by atoms with Gasteiger partial charge in [-0.25, -0.2) is 4.79 Å². The Kier molecular flexibility index (Phi) is 5.73. The number of anilines is 1. The van der Waals surface area contributed by atoms with Gasteiger partial charge in [-0.3, -0.25) is 4.79 Å². The van der Waals surface area contributed by atoms with Crippen molar-refractivity contribution < 1.29 is 19.1 Å². The van der Waals surface area contributed by atoms with E-state index < -0.39 is 18.5 Å². The molecule has 0 spiro atoms. The molecule has 23 heavy (non-hydrogen) atoms.